The van der Waals surface area contributed by atoms with Crippen molar-refractivity contribution in [3.8, 4) is 0 Å². The van der Waals surface area contributed by atoms with Crippen LogP contribution in [-0.4, -0.2) is 11.9 Å². The number of hydrogen-bond donors (Lipinski definition) is 0. The second-order valence-electron chi connectivity index (χ2n) is 5.91. The van der Waals surface area contributed by atoms with Gasteiger partial charge in [0.2, 0.25) is 0 Å². The Morgan fingerprint density at radius 3 is 2.32 bits per heavy atom. The summed E-state index contributed by atoms with van der Waals surface area (Å²) < 4.78 is 0. The molecule has 0 aliphatic heterocycles. The van der Waals surface area contributed by atoms with Gasteiger partial charge in [-0.1, -0.05) is 50.0 Å². The predicted octanol–water partition coefficient (Wildman–Crippen LogP) is 5.49. The molecule has 2 atom stereocenters. The highest BCUT2D eigenvalue weighted by atomic mass is 35.5. The molecule has 0 fully saturated rings. The summed E-state index contributed by atoms with van der Waals surface area (Å²) in [5, 5.41) is 0.875. The van der Waals surface area contributed by atoms with Crippen molar-refractivity contribution in [1.29, 1.82) is 0 Å². The standard InChI is InChI=1S/C15H21Cl2OP/c1-10(9-19)7-15(2,3)8-13(18)14-11(16)5-4-6-12(14)17/h4-6,10H,7-9,19H2,1-3H3. The number of hydrogen-bond acceptors (Lipinski definition) is 1. The molecule has 0 bridgehead atoms. The summed E-state index contributed by atoms with van der Waals surface area (Å²) in [4.78, 5) is 12.4. The predicted molar refractivity (Wildman–Crippen MR) is 87.5 cm³/mol. The number of benzene rings is 1. The number of rotatable bonds is 6. The second kappa shape index (κ2) is 7.07. The van der Waals surface area contributed by atoms with Gasteiger partial charge in [0.1, 0.15) is 0 Å². The van der Waals surface area contributed by atoms with Crippen LogP contribution in [0, 0.1) is 11.3 Å². The number of halogens is 2. The Morgan fingerprint density at radius 2 is 1.84 bits per heavy atom. The highest BCUT2D eigenvalue weighted by Crippen LogP contribution is 2.34. The van der Waals surface area contributed by atoms with Crippen LogP contribution in [0.3, 0.4) is 0 Å². The van der Waals surface area contributed by atoms with Crippen molar-refractivity contribution >= 4 is 38.2 Å². The van der Waals surface area contributed by atoms with Crippen molar-refractivity contribution in [1.82, 2.24) is 0 Å². The molecule has 0 heterocycles. The molecule has 0 aromatic heterocycles. The van der Waals surface area contributed by atoms with E-state index in [4.69, 9.17) is 23.2 Å². The Bertz CT molecular complexity index is 437. The summed E-state index contributed by atoms with van der Waals surface area (Å²) in [6.45, 7) is 6.43. The van der Waals surface area contributed by atoms with E-state index in [1.807, 2.05) is 0 Å². The zero-order valence-corrected chi connectivity index (χ0v) is 14.3. The average Bonchev–Trinajstić information content (AvgIpc) is 2.27. The number of Topliss-reactive ketones (excluding diaryl/α,β-unsaturated/α-hetero) is 1. The highest BCUT2D eigenvalue weighted by molar-refractivity contribution is 7.16. The van der Waals surface area contributed by atoms with E-state index >= 15 is 0 Å². The summed E-state index contributed by atoms with van der Waals surface area (Å²) in [6.07, 6.45) is 2.51. The zero-order valence-electron chi connectivity index (χ0n) is 11.7. The van der Waals surface area contributed by atoms with Crippen molar-refractivity contribution in [3.63, 3.8) is 0 Å². The van der Waals surface area contributed by atoms with E-state index in [1.165, 1.54) is 0 Å². The van der Waals surface area contributed by atoms with Crippen molar-refractivity contribution in [2.75, 3.05) is 6.16 Å². The fourth-order valence-corrected chi connectivity index (χ4v) is 3.16. The van der Waals surface area contributed by atoms with Crippen molar-refractivity contribution < 1.29 is 4.79 Å². The Kier molecular flexibility index (Phi) is 6.30. The monoisotopic (exact) mass is 318 g/mol. The minimum Gasteiger partial charge on any atom is -0.294 e. The topological polar surface area (TPSA) is 17.1 Å². The lowest BCUT2D eigenvalue weighted by atomic mass is 9.79. The highest BCUT2D eigenvalue weighted by Gasteiger charge is 2.26. The molecule has 4 heteroatoms. The molecule has 0 saturated carbocycles. The SMILES string of the molecule is CC(CP)CC(C)(C)CC(=O)c1c(Cl)cccc1Cl. The zero-order chi connectivity index (χ0) is 14.6. The van der Waals surface area contributed by atoms with Crippen LogP contribution >= 0.6 is 32.4 Å². The average molecular weight is 319 g/mol. The van der Waals surface area contributed by atoms with Crippen LogP contribution in [0.5, 0.6) is 0 Å². The number of carbonyl (C=O) groups excluding carboxylic acids is 1. The second-order valence-corrected chi connectivity index (χ2v) is 7.19. The number of carbonyl (C=O) groups is 1. The molecule has 1 rings (SSSR count). The molecule has 19 heavy (non-hydrogen) atoms. The molecule has 1 aromatic rings. The van der Waals surface area contributed by atoms with Crippen LogP contribution in [0.2, 0.25) is 10.0 Å². The maximum atomic E-state index is 12.4. The molecule has 0 spiro atoms. The molecule has 0 radical (unpaired) electrons. The van der Waals surface area contributed by atoms with Crippen molar-refractivity contribution in [3.05, 3.63) is 33.8 Å². The molecule has 0 N–H and O–H groups in total. The van der Waals surface area contributed by atoms with E-state index in [0.29, 0.717) is 27.9 Å². The van der Waals surface area contributed by atoms with Gasteiger partial charge in [-0.15, -0.1) is 9.24 Å². The summed E-state index contributed by atoms with van der Waals surface area (Å²) in [7, 11) is 2.75. The molecule has 106 valence electrons. The first kappa shape index (κ1) is 17.0. The van der Waals surface area contributed by atoms with Crippen molar-refractivity contribution in [2.45, 2.75) is 33.6 Å². The minimum atomic E-state index is -0.0461. The molecule has 0 amide bonds. The molecule has 1 nitrogen and oxygen atoms in total. The molecule has 1 aromatic carbocycles. The normalized spacial score (nSPS) is 13.4. The van der Waals surface area contributed by atoms with Gasteiger partial charge in [-0.2, -0.15) is 0 Å². The van der Waals surface area contributed by atoms with E-state index in [2.05, 4.69) is 30.0 Å². The van der Waals surface area contributed by atoms with Crippen molar-refractivity contribution in [2.24, 2.45) is 11.3 Å². The summed E-state index contributed by atoms with van der Waals surface area (Å²) in [6, 6.07) is 5.17. The quantitative estimate of drug-likeness (QED) is 0.500. The van der Waals surface area contributed by atoms with Gasteiger partial charge in [-0.05, 0) is 36.0 Å². The molecule has 0 saturated heterocycles. The van der Waals surface area contributed by atoms with E-state index in [1.54, 1.807) is 18.2 Å². The lowest BCUT2D eigenvalue weighted by Crippen LogP contribution is -2.21. The van der Waals surface area contributed by atoms with Gasteiger partial charge >= 0.3 is 0 Å². The molecule has 0 aliphatic carbocycles. The molecule has 0 aliphatic rings. The van der Waals surface area contributed by atoms with Crippen LogP contribution in [-0.2, 0) is 0 Å². The Balaban J connectivity index is 2.85. The van der Waals surface area contributed by atoms with E-state index in [9.17, 15) is 4.79 Å². The Hall–Kier alpha value is -0.100. The Labute approximate surface area is 128 Å². The Morgan fingerprint density at radius 1 is 1.32 bits per heavy atom. The molecular formula is C15H21Cl2OP. The van der Waals surface area contributed by atoms with Crippen LogP contribution < -0.4 is 0 Å². The first-order valence-corrected chi connectivity index (χ1v) is 8.01. The molecular weight excluding hydrogens is 298 g/mol. The van der Waals surface area contributed by atoms with Gasteiger partial charge in [0.15, 0.2) is 5.78 Å². The lowest BCUT2D eigenvalue weighted by molar-refractivity contribution is 0.0918. The van der Waals surface area contributed by atoms with Crippen LogP contribution in [0.15, 0.2) is 18.2 Å². The van der Waals surface area contributed by atoms with E-state index in [0.717, 1.165) is 12.6 Å². The van der Waals surface area contributed by atoms with Crippen LogP contribution in [0.25, 0.3) is 0 Å². The van der Waals surface area contributed by atoms with E-state index in [-0.39, 0.29) is 11.2 Å². The van der Waals surface area contributed by atoms with Gasteiger partial charge in [-0.25, -0.2) is 0 Å². The minimum absolute atomic E-state index is 0.0246. The fourth-order valence-electron chi connectivity index (χ4n) is 2.39. The number of ketones is 1. The first-order chi connectivity index (χ1) is 8.76. The largest absolute Gasteiger partial charge is 0.294 e. The third kappa shape index (κ3) is 5.06. The van der Waals surface area contributed by atoms with Gasteiger partial charge in [0.05, 0.1) is 15.6 Å². The smallest absolute Gasteiger partial charge is 0.166 e. The fraction of sp³-hybridized carbons (Fsp3) is 0.533. The molecule has 2 unspecified atom stereocenters. The maximum Gasteiger partial charge on any atom is 0.166 e. The summed E-state index contributed by atoms with van der Waals surface area (Å²) in [5.74, 6) is 0.603. The third-order valence-corrected chi connectivity index (χ3v) is 4.62. The van der Waals surface area contributed by atoms with Gasteiger partial charge in [0, 0.05) is 6.42 Å². The summed E-state index contributed by atoms with van der Waals surface area (Å²) in [5.41, 5.74) is 0.410. The van der Waals surface area contributed by atoms with Gasteiger partial charge < -0.3 is 0 Å². The first-order valence-electron chi connectivity index (χ1n) is 6.44. The van der Waals surface area contributed by atoms with E-state index < -0.39 is 0 Å². The van der Waals surface area contributed by atoms with Crippen LogP contribution in [0.4, 0.5) is 0 Å². The van der Waals surface area contributed by atoms with Crippen LogP contribution in [0.1, 0.15) is 44.0 Å². The van der Waals surface area contributed by atoms with Gasteiger partial charge in [-0.3, -0.25) is 4.79 Å². The third-order valence-electron chi connectivity index (χ3n) is 3.18. The maximum absolute atomic E-state index is 12.4. The summed E-state index contributed by atoms with van der Waals surface area (Å²) >= 11 is 12.2. The van der Waals surface area contributed by atoms with Gasteiger partial charge in [0.25, 0.3) is 0 Å². The lowest BCUT2D eigenvalue weighted by Gasteiger charge is -2.27.